The Bertz CT molecular complexity index is 228. The molecule has 0 aliphatic carbocycles. The van der Waals surface area contributed by atoms with Gasteiger partial charge in [-0.15, -0.1) is 5.10 Å². The van der Waals surface area contributed by atoms with Crippen LogP contribution in [0.5, 0.6) is 0 Å². The van der Waals surface area contributed by atoms with Crippen LogP contribution in [0.4, 0.5) is 0 Å². The van der Waals surface area contributed by atoms with E-state index in [0.717, 1.165) is 4.79 Å². The van der Waals surface area contributed by atoms with E-state index in [2.05, 4.69) is 10.1 Å². The normalized spacial score (nSPS) is 9.33. The first-order valence-corrected chi connectivity index (χ1v) is 2.16. The second-order valence-electron chi connectivity index (χ2n) is 1.41. The zero-order valence-electron chi connectivity index (χ0n) is 4.48. The zero-order chi connectivity index (χ0) is 6.85. The van der Waals surface area contributed by atoms with Gasteiger partial charge in [0.25, 0.3) is 5.91 Å². The topological polar surface area (TPSA) is 99.8 Å². The van der Waals surface area contributed by atoms with E-state index in [0.29, 0.717) is 0 Å². The van der Waals surface area contributed by atoms with Crippen molar-refractivity contribution in [2.45, 2.75) is 0 Å². The number of carbonyl (C=O) groups excluding carboxylic acids is 1. The molecule has 6 nitrogen and oxygen atoms in total. The van der Waals surface area contributed by atoms with Crippen molar-refractivity contribution in [2.24, 2.45) is 5.73 Å². The summed E-state index contributed by atoms with van der Waals surface area (Å²) >= 11 is 0. The van der Waals surface area contributed by atoms with Crippen LogP contribution in [-0.2, 0) is 0 Å². The van der Waals surface area contributed by atoms with E-state index in [1.165, 1.54) is 6.33 Å². The monoisotopic (exact) mass is 127 g/mol. The molecule has 4 N–H and O–H groups in total. The summed E-state index contributed by atoms with van der Waals surface area (Å²) in [6.07, 6.45) is 1.19. The molecular weight excluding hydrogens is 122 g/mol. The number of rotatable bonds is 1. The average Bonchev–Trinajstić information content (AvgIpc) is 2.14. The highest BCUT2D eigenvalue weighted by molar-refractivity contribution is 5.88. The zero-order valence-corrected chi connectivity index (χ0v) is 4.48. The number of carbonyl (C=O) groups is 1. The quantitative estimate of drug-likeness (QED) is 0.430. The second kappa shape index (κ2) is 1.73. The molecule has 0 aliphatic heterocycles. The maximum atomic E-state index is 10.2. The van der Waals surface area contributed by atoms with Crippen molar-refractivity contribution in [1.82, 2.24) is 14.9 Å². The van der Waals surface area contributed by atoms with E-state index in [1.54, 1.807) is 0 Å². The van der Waals surface area contributed by atoms with E-state index in [-0.39, 0.29) is 5.82 Å². The summed E-state index contributed by atoms with van der Waals surface area (Å²) in [4.78, 5) is 14.6. The molecule has 1 heterocycles. The van der Waals surface area contributed by atoms with E-state index >= 15 is 0 Å². The Morgan fingerprint density at radius 3 is 2.67 bits per heavy atom. The van der Waals surface area contributed by atoms with Crippen molar-refractivity contribution in [3.8, 4) is 0 Å². The standard InChI is InChI=1S/C3H5N5O/c4-2(9)3-6-1-8(5)7-3/h1H,5H2,(H2,4,9). The number of hydrogen-bond donors (Lipinski definition) is 2. The lowest BCUT2D eigenvalue weighted by atomic mass is 10.6. The number of amides is 1. The first-order chi connectivity index (χ1) is 4.20. The van der Waals surface area contributed by atoms with Crippen molar-refractivity contribution in [2.75, 3.05) is 5.84 Å². The summed E-state index contributed by atoms with van der Waals surface area (Å²) < 4.78 is 0. The minimum Gasteiger partial charge on any atom is -0.363 e. The summed E-state index contributed by atoms with van der Waals surface area (Å²) in [5.74, 6) is 4.30. The van der Waals surface area contributed by atoms with Gasteiger partial charge in [-0.3, -0.25) is 4.79 Å². The molecule has 0 radical (unpaired) electrons. The SMILES string of the molecule is NC(=O)c1ncn(N)n1. The van der Waals surface area contributed by atoms with Gasteiger partial charge in [0.2, 0.25) is 5.82 Å². The van der Waals surface area contributed by atoms with E-state index in [1.807, 2.05) is 0 Å². The molecule has 1 amide bonds. The molecule has 1 aromatic rings. The maximum Gasteiger partial charge on any atom is 0.288 e. The molecule has 9 heavy (non-hydrogen) atoms. The molecule has 0 aliphatic rings. The first kappa shape index (κ1) is 5.54. The maximum absolute atomic E-state index is 10.2. The van der Waals surface area contributed by atoms with Crippen LogP contribution in [0.3, 0.4) is 0 Å². The molecule has 0 atom stereocenters. The van der Waals surface area contributed by atoms with Crippen molar-refractivity contribution < 1.29 is 4.79 Å². The summed E-state index contributed by atoms with van der Waals surface area (Å²) in [6.45, 7) is 0. The molecular formula is C3H5N5O. The van der Waals surface area contributed by atoms with Gasteiger partial charge >= 0.3 is 0 Å². The summed E-state index contributed by atoms with van der Waals surface area (Å²) in [5, 5.41) is 3.42. The Balaban J connectivity index is 2.98. The largest absolute Gasteiger partial charge is 0.363 e. The highest BCUT2D eigenvalue weighted by atomic mass is 16.1. The van der Waals surface area contributed by atoms with Crippen LogP contribution in [0, 0.1) is 0 Å². The lowest BCUT2D eigenvalue weighted by molar-refractivity contribution is 0.0990. The number of nitrogens with two attached hydrogens (primary N) is 2. The van der Waals surface area contributed by atoms with Gasteiger partial charge in [0, 0.05) is 0 Å². The fourth-order valence-corrected chi connectivity index (χ4v) is 0.388. The fraction of sp³-hybridized carbons (Fsp3) is 0. The summed E-state index contributed by atoms with van der Waals surface area (Å²) in [7, 11) is 0. The number of primary amides is 1. The van der Waals surface area contributed by atoms with Crippen molar-refractivity contribution in [3.05, 3.63) is 12.2 Å². The third kappa shape index (κ3) is 0.958. The lowest BCUT2D eigenvalue weighted by Crippen LogP contribution is -2.15. The lowest BCUT2D eigenvalue weighted by Gasteiger charge is -1.81. The van der Waals surface area contributed by atoms with Gasteiger partial charge in [0.15, 0.2) is 0 Å². The van der Waals surface area contributed by atoms with Crippen LogP contribution >= 0.6 is 0 Å². The van der Waals surface area contributed by atoms with Crippen LogP contribution in [0.1, 0.15) is 10.6 Å². The minimum atomic E-state index is -0.681. The van der Waals surface area contributed by atoms with Gasteiger partial charge < -0.3 is 11.6 Å². The summed E-state index contributed by atoms with van der Waals surface area (Å²) in [6, 6.07) is 0. The molecule has 0 saturated carbocycles. The van der Waals surface area contributed by atoms with E-state index in [9.17, 15) is 4.79 Å². The van der Waals surface area contributed by atoms with E-state index in [4.69, 9.17) is 11.6 Å². The molecule has 0 saturated heterocycles. The van der Waals surface area contributed by atoms with Crippen LogP contribution in [0.15, 0.2) is 6.33 Å². The highest BCUT2D eigenvalue weighted by Crippen LogP contribution is 1.81. The Kier molecular flexibility index (Phi) is 1.07. The number of nitrogen functional groups attached to an aromatic ring is 1. The molecule has 0 fully saturated rings. The molecule has 0 aromatic carbocycles. The van der Waals surface area contributed by atoms with Gasteiger partial charge in [-0.2, -0.15) is 4.79 Å². The minimum absolute atomic E-state index is 0.0718. The van der Waals surface area contributed by atoms with Crippen molar-refractivity contribution in [3.63, 3.8) is 0 Å². The van der Waals surface area contributed by atoms with Crippen molar-refractivity contribution >= 4 is 5.91 Å². The van der Waals surface area contributed by atoms with E-state index < -0.39 is 5.91 Å². The van der Waals surface area contributed by atoms with Gasteiger partial charge in [0.05, 0.1) is 0 Å². The first-order valence-electron chi connectivity index (χ1n) is 2.16. The van der Waals surface area contributed by atoms with Gasteiger partial charge in [-0.25, -0.2) is 4.98 Å². The molecule has 0 bridgehead atoms. The third-order valence-corrected chi connectivity index (χ3v) is 0.729. The molecule has 1 aromatic heterocycles. The predicted octanol–water partition coefficient (Wildman–Crippen LogP) is -1.91. The predicted molar refractivity (Wildman–Crippen MR) is 28.7 cm³/mol. The van der Waals surface area contributed by atoms with Gasteiger partial charge in [-0.05, 0) is 0 Å². The molecule has 0 spiro atoms. The Hall–Kier alpha value is -1.59. The molecule has 1 rings (SSSR count). The Labute approximate surface area is 50.4 Å². The number of aromatic nitrogens is 3. The van der Waals surface area contributed by atoms with Crippen LogP contribution < -0.4 is 11.6 Å². The third-order valence-electron chi connectivity index (χ3n) is 0.729. The van der Waals surface area contributed by atoms with Crippen LogP contribution in [0.25, 0.3) is 0 Å². The summed E-state index contributed by atoms with van der Waals surface area (Å²) in [5.41, 5.74) is 4.79. The number of hydrogen-bond acceptors (Lipinski definition) is 4. The van der Waals surface area contributed by atoms with Crippen molar-refractivity contribution in [1.29, 1.82) is 0 Å². The Morgan fingerprint density at radius 2 is 2.44 bits per heavy atom. The second-order valence-corrected chi connectivity index (χ2v) is 1.41. The van der Waals surface area contributed by atoms with Gasteiger partial charge in [-0.1, -0.05) is 0 Å². The smallest absolute Gasteiger partial charge is 0.288 e. The number of nitrogens with zero attached hydrogens (tertiary/aromatic N) is 3. The average molecular weight is 127 g/mol. The van der Waals surface area contributed by atoms with Gasteiger partial charge in [0.1, 0.15) is 6.33 Å². The Morgan fingerprint density at radius 1 is 1.78 bits per heavy atom. The fourth-order valence-electron chi connectivity index (χ4n) is 0.388. The van der Waals surface area contributed by atoms with Crippen LogP contribution in [0.2, 0.25) is 0 Å². The molecule has 48 valence electrons. The highest BCUT2D eigenvalue weighted by Gasteiger charge is 2.03. The molecule has 6 heteroatoms. The molecule has 0 unspecified atom stereocenters. The van der Waals surface area contributed by atoms with Crippen LogP contribution in [-0.4, -0.2) is 20.8 Å².